The van der Waals surface area contributed by atoms with E-state index >= 15 is 0 Å². The molecular formula is C24H30N2O3S. The van der Waals surface area contributed by atoms with E-state index < -0.39 is 0 Å². The summed E-state index contributed by atoms with van der Waals surface area (Å²) < 4.78 is 6.14. The zero-order valence-corrected chi connectivity index (χ0v) is 18.8. The molecule has 0 bridgehead atoms. The van der Waals surface area contributed by atoms with Crippen LogP contribution in [0.1, 0.15) is 35.9 Å². The van der Waals surface area contributed by atoms with Gasteiger partial charge < -0.3 is 14.5 Å². The van der Waals surface area contributed by atoms with Gasteiger partial charge in [0.05, 0.1) is 6.04 Å². The summed E-state index contributed by atoms with van der Waals surface area (Å²) >= 11 is 1.73. The molecule has 3 rings (SSSR count). The Bertz CT molecular complexity index is 905. The monoisotopic (exact) mass is 426 g/mol. The van der Waals surface area contributed by atoms with Crippen molar-refractivity contribution in [3.05, 3.63) is 64.4 Å². The maximum atomic E-state index is 13.3. The molecule has 1 atom stereocenters. The third kappa shape index (κ3) is 4.93. The summed E-state index contributed by atoms with van der Waals surface area (Å²) in [4.78, 5) is 30.6. The fourth-order valence-electron chi connectivity index (χ4n) is 3.77. The summed E-state index contributed by atoms with van der Waals surface area (Å²) in [6, 6.07) is 9.83. The van der Waals surface area contributed by atoms with Crippen LogP contribution >= 0.6 is 11.3 Å². The SMILES string of the molecule is C=CCN(CC(=O)N1CCc2sccc2[C@H]1COc1ccccc1C)C(=O)C(C)C. The van der Waals surface area contributed by atoms with Gasteiger partial charge in [-0.15, -0.1) is 17.9 Å². The summed E-state index contributed by atoms with van der Waals surface area (Å²) in [6.45, 7) is 10.9. The lowest BCUT2D eigenvalue weighted by Gasteiger charge is -2.37. The Morgan fingerprint density at radius 1 is 1.33 bits per heavy atom. The topological polar surface area (TPSA) is 49.9 Å². The number of nitrogens with zero attached hydrogens (tertiary/aromatic N) is 2. The highest BCUT2D eigenvalue weighted by Crippen LogP contribution is 2.34. The molecule has 5 nitrogen and oxygen atoms in total. The van der Waals surface area contributed by atoms with Crippen molar-refractivity contribution < 1.29 is 14.3 Å². The molecule has 0 spiro atoms. The molecule has 1 aromatic carbocycles. The Hall–Kier alpha value is -2.60. The van der Waals surface area contributed by atoms with Crippen molar-refractivity contribution in [2.75, 3.05) is 26.2 Å². The molecule has 0 N–H and O–H groups in total. The minimum atomic E-state index is -0.164. The zero-order valence-electron chi connectivity index (χ0n) is 18.0. The van der Waals surface area contributed by atoms with E-state index in [-0.39, 0.29) is 30.3 Å². The number of ether oxygens (including phenoxy) is 1. The third-order valence-electron chi connectivity index (χ3n) is 5.39. The molecule has 0 radical (unpaired) electrons. The summed E-state index contributed by atoms with van der Waals surface area (Å²) in [5, 5.41) is 2.08. The van der Waals surface area contributed by atoms with Gasteiger partial charge in [-0.2, -0.15) is 0 Å². The number of aryl methyl sites for hydroxylation is 1. The normalized spacial score (nSPS) is 15.6. The van der Waals surface area contributed by atoms with E-state index in [0.29, 0.717) is 19.7 Å². The van der Waals surface area contributed by atoms with Gasteiger partial charge in [0.2, 0.25) is 11.8 Å². The fraction of sp³-hybridized carbons (Fsp3) is 0.417. The van der Waals surface area contributed by atoms with Crippen molar-refractivity contribution in [3.63, 3.8) is 0 Å². The van der Waals surface area contributed by atoms with Gasteiger partial charge in [-0.05, 0) is 42.0 Å². The van der Waals surface area contributed by atoms with Gasteiger partial charge >= 0.3 is 0 Å². The first kappa shape index (κ1) is 22.1. The van der Waals surface area contributed by atoms with Crippen LogP contribution in [0.3, 0.4) is 0 Å². The summed E-state index contributed by atoms with van der Waals surface area (Å²) in [5.74, 6) is 0.573. The van der Waals surface area contributed by atoms with Gasteiger partial charge in [0.25, 0.3) is 0 Å². The molecule has 1 aromatic heterocycles. The number of benzene rings is 1. The molecule has 0 unspecified atom stereocenters. The van der Waals surface area contributed by atoms with Crippen molar-refractivity contribution in [2.45, 2.75) is 33.2 Å². The molecule has 2 heterocycles. The predicted molar refractivity (Wildman–Crippen MR) is 121 cm³/mol. The number of hydrogen-bond acceptors (Lipinski definition) is 4. The maximum absolute atomic E-state index is 13.3. The maximum Gasteiger partial charge on any atom is 0.242 e. The number of carbonyl (C=O) groups is 2. The molecule has 6 heteroatoms. The van der Waals surface area contributed by atoms with Crippen LogP contribution in [-0.2, 0) is 16.0 Å². The molecule has 2 aromatic rings. The molecule has 0 saturated heterocycles. The second-order valence-electron chi connectivity index (χ2n) is 7.89. The average Bonchev–Trinajstić information content (AvgIpc) is 3.21. The fourth-order valence-corrected chi connectivity index (χ4v) is 4.70. The van der Waals surface area contributed by atoms with E-state index in [2.05, 4.69) is 18.0 Å². The van der Waals surface area contributed by atoms with E-state index in [1.165, 1.54) is 4.88 Å². The Morgan fingerprint density at radius 3 is 2.80 bits per heavy atom. The second-order valence-corrected chi connectivity index (χ2v) is 8.89. The largest absolute Gasteiger partial charge is 0.491 e. The number of fused-ring (bicyclic) bond motifs is 1. The highest BCUT2D eigenvalue weighted by molar-refractivity contribution is 7.10. The first-order valence-electron chi connectivity index (χ1n) is 10.4. The van der Waals surface area contributed by atoms with Gasteiger partial charge in [-0.1, -0.05) is 38.1 Å². The zero-order chi connectivity index (χ0) is 21.7. The minimum Gasteiger partial charge on any atom is -0.491 e. The van der Waals surface area contributed by atoms with E-state index in [1.807, 2.05) is 49.9 Å². The number of hydrogen-bond donors (Lipinski definition) is 0. The van der Waals surface area contributed by atoms with Crippen LogP contribution in [0, 0.1) is 12.8 Å². The van der Waals surface area contributed by atoms with Crippen LogP contribution in [0.4, 0.5) is 0 Å². The Kier molecular flexibility index (Phi) is 7.32. The lowest BCUT2D eigenvalue weighted by Crippen LogP contribution is -2.48. The summed E-state index contributed by atoms with van der Waals surface area (Å²) in [5.41, 5.74) is 2.22. The van der Waals surface area contributed by atoms with Gasteiger partial charge in [0.1, 0.15) is 18.9 Å². The first-order chi connectivity index (χ1) is 14.4. The summed E-state index contributed by atoms with van der Waals surface area (Å²) in [7, 11) is 0. The molecule has 0 saturated carbocycles. The van der Waals surface area contributed by atoms with E-state index in [9.17, 15) is 9.59 Å². The molecular weight excluding hydrogens is 396 g/mol. The van der Waals surface area contributed by atoms with Crippen LogP contribution in [0.5, 0.6) is 5.75 Å². The summed E-state index contributed by atoms with van der Waals surface area (Å²) in [6.07, 6.45) is 2.50. The van der Waals surface area contributed by atoms with Crippen molar-refractivity contribution in [3.8, 4) is 5.75 Å². The lowest BCUT2D eigenvalue weighted by atomic mass is 10.00. The Labute approximate surface area is 182 Å². The standard InChI is InChI=1S/C24H30N2O3S/c1-5-12-25(24(28)17(2)3)15-23(27)26-13-10-22-19(11-14-30-22)20(26)16-29-21-9-7-6-8-18(21)4/h5-9,11,14,17,20H,1,10,12-13,15-16H2,2-4H3/t20-/m1/s1. The quantitative estimate of drug-likeness (QED) is 0.594. The van der Waals surface area contributed by atoms with Crippen LogP contribution in [0.15, 0.2) is 48.4 Å². The molecule has 1 aliphatic heterocycles. The van der Waals surface area contributed by atoms with E-state index in [1.54, 1.807) is 22.3 Å². The van der Waals surface area contributed by atoms with Crippen molar-refractivity contribution in [2.24, 2.45) is 5.92 Å². The predicted octanol–water partition coefficient (Wildman–Crippen LogP) is 4.23. The number of thiophene rings is 1. The molecule has 160 valence electrons. The first-order valence-corrected chi connectivity index (χ1v) is 11.2. The van der Waals surface area contributed by atoms with Gasteiger partial charge in [-0.3, -0.25) is 9.59 Å². The molecule has 2 amide bonds. The molecule has 0 aliphatic carbocycles. The van der Waals surface area contributed by atoms with Crippen LogP contribution in [-0.4, -0.2) is 47.9 Å². The molecule has 1 aliphatic rings. The van der Waals surface area contributed by atoms with Crippen molar-refractivity contribution in [1.29, 1.82) is 0 Å². The van der Waals surface area contributed by atoms with Crippen molar-refractivity contribution >= 4 is 23.2 Å². The van der Waals surface area contributed by atoms with E-state index in [0.717, 1.165) is 23.3 Å². The number of amides is 2. The van der Waals surface area contributed by atoms with Gasteiger partial charge in [0.15, 0.2) is 0 Å². The smallest absolute Gasteiger partial charge is 0.242 e. The van der Waals surface area contributed by atoms with Gasteiger partial charge in [0, 0.05) is 23.9 Å². The molecule has 0 fully saturated rings. The lowest BCUT2D eigenvalue weighted by molar-refractivity contribution is -0.143. The second kappa shape index (κ2) is 9.94. The Morgan fingerprint density at radius 2 is 2.10 bits per heavy atom. The van der Waals surface area contributed by atoms with Gasteiger partial charge in [-0.25, -0.2) is 0 Å². The van der Waals surface area contributed by atoms with Crippen LogP contribution in [0.2, 0.25) is 0 Å². The van der Waals surface area contributed by atoms with Crippen LogP contribution < -0.4 is 4.74 Å². The minimum absolute atomic E-state index is 0.0378. The Balaban J connectivity index is 1.79. The third-order valence-corrected chi connectivity index (χ3v) is 6.38. The van der Waals surface area contributed by atoms with Crippen molar-refractivity contribution in [1.82, 2.24) is 9.80 Å². The van der Waals surface area contributed by atoms with E-state index in [4.69, 9.17) is 4.74 Å². The van der Waals surface area contributed by atoms with Crippen LogP contribution in [0.25, 0.3) is 0 Å². The average molecular weight is 427 g/mol. The molecule has 30 heavy (non-hydrogen) atoms. The number of rotatable bonds is 8. The highest BCUT2D eigenvalue weighted by Gasteiger charge is 2.33. The number of carbonyl (C=O) groups excluding carboxylic acids is 2. The number of para-hydroxylation sites is 1. The highest BCUT2D eigenvalue weighted by atomic mass is 32.1.